The molecule has 4 aliphatic rings. The molecule has 9 atom stereocenters. The molecule has 4 fully saturated rings. The van der Waals surface area contributed by atoms with E-state index in [4.69, 9.17) is 16.2 Å². The number of nitrogens with one attached hydrogen (secondary N) is 1. The van der Waals surface area contributed by atoms with E-state index in [1.165, 1.54) is 57.8 Å². The molecule has 40 heavy (non-hydrogen) atoms. The van der Waals surface area contributed by atoms with Gasteiger partial charge in [-0.15, -0.1) is 0 Å². The van der Waals surface area contributed by atoms with Crippen molar-refractivity contribution in [1.29, 1.82) is 0 Å². The minimum Gasteiger partial charge on any atom is -0.488 e. The van der Waals surface area contributed by atoms with Crippen LogP contribution in [0.2, 0.25) is 0 Å². The fourth-order valence-electron chi connectivity index (χ4n) is 10.4. The summed E-state index contributed by atoms with van der Waals surface area (Å²) in [7, 11) is 0. The molecule has 0 saturated heterocycles. The third kappa shape index (κ3) is 5.73. The zero-order valence-corrected chi connectivity index (χ0v) is 25.9. The number of amides is 1. The van der Waals surface area contributed by atoms with Crippen LogP contribution < -0.4 is 21.5 Å². The summed E-state index contributed by atoms with van der Waals surface area (Å²) in [5.41, 5.74) is 14.4. The van der Waals surface area contributed by atoms with Crippen molar-refractivity contribution in [3.05, 3.63) is 18.2 Å². The van der Waals surface area contributed by atoms with Crippen molar-refractivity contribution < 1.29 is 9.53 Å². The second-order valence-corrected chi connectivity index (χ2v) is 14.8. The van der Waals surface area contributed by atoms with Crippen LogP contribution >= 0.6 is 0 Å². The molecule has 0 bridgehead atoms. The van der Waals surface area contributed by atoms with Gasteiger partial charge >= 0.3 is 0 Å². The van der Waals surface area contributed by atoms with E-state index in [1.54, 1.807) is 0 Å². The number of ether oxygens (including phenoxy) is 1. The maximum atomic E-state index is 12.5. The van der Waals surface area contributed by atoms with E-state index in [2.05, 4.69) is 33.0 Å². The van der Waals surface area contributed by atoms with Crippen LogP contribution in [-0.2, 0) is 4.79 Å². The zero-order chi connectivity index (χ0) is 28.5. The molecule has 5 rings (SSSR count). The van der Waals surface area contributed by atoms with Gasteiger partial charge in [-0.25, -0.2) is 0 Å². The second-order valence-electron chi connectivity index (χ2n) is 14.8. The summed E-state index contributed by atoms with van der Waals surface area (Å²) in [6.07, 6.45) is 17.3. The van der Waals surface area contributed by atoms with Gasteiger partial charge in [0.05, 0.1) is 11.8 Å². The van der Waals surface area contributed by atoms with E-state index in [0.717, 1.165) is 67.6 Å². The molecular weight excluding hydrogens is 494 g/mol. The number of hydrogen-bond acceptors (Lipinski definition) is 4. The number of rotatable bonds is 10. The van der Waals surface area contributed by atoms with E-state index >= 15 is 0 Å². The monoisotopic (exact) mass is 551 g/mol. The molecule has 0 spiro atoms. The van der Waals surface area contributed by atoms with Gasteiger partial charge in [-0.1, -0.05) is 40.5 Å². The molecular formula is C35H57N3O2. The van der Waals surface area contributed by atoms with Crippen molar-refractivity contribution >= 4 is 17.3 Å². The zero-order valence-electron chi connectivity index (χ0n) is 25.9. The highest BCUT2D eigenvalue weighted by Crippen LogP contribution is 2.68. The smallest absolute Gasteiger partial charge is 0.220 e. The predicted molar refractivity (Wildman–Crippen MR) is 166 cm³/mol. The lowest BCUT2D eigenvalue weighted by molar-refractivity contribution is -0.127. The molecule has 5 nitrogen and oxygen atoms in total. The number of carbonyl (C=O) groups excluding carboxylic acids is 1. The van der Waals surface area contributed by atoms with Gasteiger partial charge in [0, 0.05) is 18.7 Å². The number of carbonyl (C=O) groups is 1. The average molecular weight is 552 g/mol. The Labute approximate surface area is 243 Å². The molecule has 0 heterocycles. The Balaban J connectivity index is 1.17. The number of anilines is 2. The summed E-state index contributed by atoms with van der Waals surface area (Å²) >= 11 is 0. The summed E-state index contributed by atoms with van der Waals surface area (Å²) in [4.78, 5) is 12.5. The Morgan fingerprint density at radius 1 is 1.02 bits per heavy atom. The van der Waals surface area contributed by atoms with Gasteiger partial charge in [0.25, 0.3) is 0 Å². The van der Waals surface area contributed by atoms with E-state index in [9.17, 15) is 4.79 Å². The lowest BCUT2D eigenvalue weighted by atomic mass is 9.44. The van der Waals surface area contributed by atoms with Crippen LogP contribution in [-0.4, -0.2) is 18.6 Å². The first kappa shape index (κ1) is 29.6. The van der Waals surface area contributed by atoms with Crippen LogP contribution in [0.3, 0.4) is 0 Å². The first-order valence-electron chi connectivity index (χ1n) is 16.7. The van der Waals surface area contributed by atoms with Crippen molar-refractivity contribution in [2.45, 2.75) is 124 Å². The lowest BCUT2D eigenvalue weighted by Gasteiger charge is -2.61. The summed E-state index contributed by atoms with van der Waals surface area (Å²) in [5.74, 6) is 5.81. The molecule has 4 aliphatic carbocycles. The third-order valence-electron chi connectivity index (χ3n) is 12.6. The molecule has 0 radical (unpaired) electrons. The Bertz CT molecular complexity index is 1030. The average Bonchev–Trinajstić information content (AvgIpc) is 3.29. The quantitative estimate of drug-likeness (QED) is 0.203. The lowest BCUT2D eigenvalue weighted by Crippen LogP contribution is -2.54. The number of nitrogens with two attached hydrogens (primary N) is 2. The van der Waals surface area contributed by atoms with Crippen LogP contribution in [0.1, 0.15) is 118 Å². The summed E-state index contributed by atoms with van der Waals surface area (Å²) in [6, 6.07) is 5.64. The van der Waals surface area contributed by atoms with E-state index in [-0.39, 0.29) is 12.0 Å². The Morgan fingerprint density at radius 3 is 2.58 bits per heavy atom. The molecule has 5 heteroatoms. The SMILES string of the molecule is CCCCCNC(=O)CC[C@@H](C)[C@H]1CC[C@H]2[C@@H]3CCC4CC(Oc5ccc(N)cc5N)CC[C@]4(C)[C@H]3CC[C@]12C. The van der Waals surface area contributed by atoms with Gasteiger partial charge in [0.1, 0.15) is 5.75 Å². The summed E-state index contributed by atoms with van der Waals surface area (Å²) < 4.78 is 6.46. The molecule has 4 saturated carbocycles. The minimum atomic E-state index is 0.259. The van der Waals surface area contributed by atoms with Crippen LogP contribution in [0, 0.1) is 46.3 Å². The number of nitrogen functional groups attached to an aromatic ring is 2. The molecule has 1 aromatic carbocycles. The van der Waals surface area contributed by atoms with Crippen molar-refractivity contribution in [1.82, 2.24) is 5.32 Å². The van der Waals surface area contributed by atoms with Crippen LogP contribution in [0.15, 0.2) is 18.2 Å². The standard InChI is InChI=1S/C35H57N3O2/c1-5-6-7-20-38-33(39)15-8-23(2)28-12-13-29-27-11-9-24-21-26(40-32-14-10-25(36)22-31(32)37)16-18-34(24,3)30(27)17-19-35(28,29)4/h10,14,22-24,26-30H,5-9,11-13,15-21,36-37H2,1-4H3,(H,38,39)/t23-,24?,26?,27+,28-,29+,30+,34+,35-/m1/s1. The highest BCUT2D eigenvalue weighted by Gasteiger charge is 2.60. The van der Waals surface area contributed by atoms with Gasteiger partial charge in [0.2, 0.25) is 5.91 Å². The van der Waals surface area contributed by atoms with Gasteiger partial charge in [0.15, 0.2) is 0 Å². The maximum absolute atomic E-state index is 12.5. The Hall–Kier alpha value is -1.91. The van der Waals surface area contributed by atoms with Gasteiger partial charge in [-0.05, 0) is 135 Å². The number of benzene rings is 1. The van der Waals surface area contributed by atoms with Crippen molar-refractivity contribution in [2.75, 3.05) is 18.0 Å². The van der Waals surface area contributed by atoms with Crippen LogP contribution in [0.4, 0.5) is 11.4 Å². The highest BCUT2D eigenvalue weighted by atomic mass is 16.5. The minimum absolute atomic E-state index is 0.259. The fourth-order valence-corrected chi connectivity index (χ4v) is 10.4. The molecule has 224 valence electrons. The number of fused-ring (bicyclic) bond motifs is 5. The number of unbranched alkanes of at least 4 members (excludes halogenated alkanes) is 2. The molecule has 0 aliphatic heterocycles. The molecule has 5 N–H and O–H groups in total. The largest absolute Gasteiger partial charge is 0.488 e. The Morgan fingerprint density at radius 2 is 1.80 bits per heavy atom. The summed E-state index contributed by atoms with van der Waals surface area (Å²) in [6.45, 7) is 10.8. The van der Waals surface area contributed by atoms with Crippen LogP contribution in [0.5, 0.6) is 5.75 Å². The number of hydrogen-bond donors (Lipinski definition) is 3. The second kappa shape index (κ2) is 12.1. The first-order chi connectivity index (χ1) is 19.2. The molecule has 1 aromatic rings. The van der Waals surface area contributed by atoms with Crippen molar-refractivity contribution in [3.8, 4) is 5.75 Å². The highest BCUT2D eigenvalue weighted by molar-refractivity contribution is 5.75. The Kier molecular flexibility index (Phi) is 8.97. The third-order valence-corrected chi connectivity index (χ3v) is 12.6. The van der Waals surface area contributed by atoms with Crippen molar-refractivity contribution in [3.63, 3.8) is 0 Å². The first-order valence-corrected chi connectivity index (χ1v) is 16.7. The molecule has 2 unspecified atom stereocenters. The van der Waals surface area contributed by atoms with Gasteiger partial charge in [-0.2, -0.15) is 0 Å². The van der Waals surface area contributed by atoms with Gasteiger partial charge in [-0.3, -0.25) is 4.79 Å². The van der Waals surface area contributed by atoms with Gasteiger partial charge < -0.3 is 21.5 Å². The van der Waals surface area contributed by atoms with Crippen molar-refractivity contribution in [2.24, 2.45) is 46.3 Å². The molecule has 0 aromatic heterocycles. The summed E-state index contributed by atoms with van der Waals surface area (Å²) in [5, 5.41) is 3.16. The molecule has 1 amide bonds. The van der Waals surface area contributed by atoms with E-state index in [1.807, 2.05) is 18.2 Å². The van der Waals surface area contributed by atoms with Crippen LogP contribution in [0.25, 0.3) is 0 Å². The fraction of sp³-hybridized carbons (Fsp3) is 0.800. The van der Waals surface area contributed by atoms with E-state index < -0.39 is 0 Å². The predicted octanol–water partition coefficient (Wildman–Crippen LogP) is 7.98. The topological polar surface area (TPSA) is 90.4 Å². The maximum Gasteiger partial charge on any atom is 0.220 e. The normalized spacial score (nSPS) is 37.6. The van der Waals surface area contributed by atoms with E-state index in [0.29, 0.717) is 34.5 Å².